The lowest BCUT2D eigenvalue weighted by molar-refractivity contribution is -0.132. The first-order valence-electron chi connectivity index (χ1n) is 10.1. The van der Waals surface area contributed by atoms with Crippen molar-refractivity contribution in [1.29, 1.82) is 0 Å². The third kappa shape index (κ3) is 9.50. The van der Waals surface area contributed by atoms with Crippen molar-refractivity contribution < 1.29 is 28.2 Å². The van der Waals surface area contributed by atoms with Gasteiger partial charge in [-0.1, -0.05) is 34.6 Å². The fourth-order valence-electron chi connectivity index (χ4n) is 2.77. The molecular weight excluding hydrogens is 444 g/mol. The van der Waals surface area contributed by atoms with E-state index in [1.54, 1.807) is 0 Å². The van der Waals surface area contributed by atoms with Crippen LogP contribution in [0.5, 0.6) is 0 Å². The molecule has 1 rings (SSSR count). The van der Waals surface area contributed by atoms with Gasteiger partial charge in [-0.05, 0) is 18.3 Å². The summed E-state index contributed by atoms with van der Waals surface area (Å²) in [6, 6.07) is -0.837. The number of aliphatic hydroxyl groups excluding tert-OH is 2. The number of anilines is 1. The SMILES string of the molecule is CC(C)CNC(=O)[C@H](C)[C@@H](O)[C@H](O)[C@H](CC(C)C)NC(=O)c1csc(NS(C)(=O)=O)n1. The van der Waals surface area contributed by atoms with E-state index in [0.29, 0.717) is 13.0 Å². The summed E-state index contributed by atoms with van der Waals surface area (Å²) in [5.41, 5.74) is -0.0191. The van der Waals surface area contributed by atoms with Gasteiger partial charge in [0.15, 0.2) is 5.13 Å². The maximum absolute atomic E-state index is 12.6. The minimum absolute atomic E-state index is 0.0191. The van der Waals surface area contributed by atoms with Crippen molar-refractivity contribution in [3.05, 3.63) is 11.1 Å². The average molecular weight is 479 g/mol. The lowest BCUT2D eigenvalue weighted by atomic mass is 9.90. The largest absolute Gasteiger partial charge is 0.390 e. The second-order valence-electron chi connectivity index (χ2n) is 8.53. The Kier molecular flexibility index (Phi) is 10.3. The average Bonchev–Trinajstić information content (AvgIpc) is 3.09. The van der Waals surface area contributed by atoms with E-state index in [4.69, 9.17) is 0 Å². The molecule has 4 atom stereocenters. The first kappa shape index (κ1) is 27.3. The number of amides is 2. The van der Waals surface area contributed by atoms with Crippen LogP contribution in [0.2, 0.25) is 0 Å². The van der Waals surface area contributed by atoms with E-state index < -0.39 is 40.1 Å². The number of aliphatic hydroxyl groups is 2. The van der Waals surface area contributed by atoms with Crippen LogP contribution in [-0.4, -0.2) is 66.5 Å². The number of nitrogens with one attached hydrogen (secondary N) is 3. The topological polar surface area (TPSA) is 158 Å². The molecule has 2 amide bonds. The highest BCUT2D eigenvalue weighted by atomic mass is 32.2. The molecule has 0 aliphatic heterocycles. The van der Waals surface area contributed by atoms with Gasteiger partial charge in [0.05, 0.1) is 24.3 Å². The van der Waals surface area contributed by atoms with Crippen LogP contribution >= 0.6 is 11.3 Å². The minimum atomic E-state index is -3.53. The number of sulfonamides is 1. The minimum Gasteiger partial charge on any atom is -0.390 e. The third-order valence-electron chi connectivity index (χ3n) is 4.42. The molecular formula is C19H34N4O6S2. The molecule has 10 nitrogen and oxygen atoms in total. The Morgan fingerprint density at radius 1 is 1.10 bits per heavy atom. The van der Waals surface area contributed by atoms with E-state index in [2.05, 4.69) is 20.3 Å². The summed E-state index contributed by atoms with van der Waals surface area (Å²) < 4.78 is 24.8. The number of hydrogen-bond donors (Lipinski definition) is 5. The molecule has 0 aromatic carbocycles. The fourth-order valence-corrected chi connectivity index (χ4v) is 4.32. The van der Waals surface area contributed by atoms with Crippen molar-refractivity contribution in [3.8, 4) is 0 Å². The van der Waals surface area contributed by atoms with Crippen LogP contribution in [0.4, 0.5) is 5.13 Å². The standard InChI is InChI=1S/C19H34N4O6S2/c1-10(2)7-13(16(25)15(24)12(5)17(26)20-8-11(3)4)21-18(27)14-9-30-19(22-14)23-31(6,28)29/h9-13,15-16,24-25H,7-8H2,1-6H3,(H,20,26)(H,21,27)(H,22,23)/t12-,13+,15-,16-/m1/s1. The number of nitrogens with zero attached hydrogens (tertiary/aromatic N) is 1. The van der Waals surface area contributed by atoms with Crippen LogP contribution in [-0.2, 0) is 14.8 Å². The van der Waals surface area contributed by atoms with E-state index in [0.717, 1.165) is 17.6 Å². The van der Waals surface area contributed by atoms with Gasteiger partial charge in [0.1, 0.15) is 11.8 Å². The number of carbonyl (C=O) groups excluding carboxylic acids is 2. The molecule has 12 heteroatoms. The highest BCUT2D eigenvalue weighted by Gasteiger charge is 2.35. The van der Waals surface area contributed by atoms with Gasteiger partial charge in [0.25, 0.3) is 5.91 Å². The Bertz CT molecular complexity index is 840. The lowest BCUT2D eigenvalue weighted by Crippen LogP contribution is -2.53. The highest BCUT2D eigenvalue weighted by Crippen LogP contribution is 2.19. The van der Waals surface area contributed by atoms with Crippen molar-refractivity contribution in [2.75, 3.05) is 17.5 Å². The maximum atomic E-state index is 12.6. The van der Waals surface area contributed by atoms with Crippen LogP contribution in [0.1, 0.15) is 51.5 Å². The van der Waals surface area contributed by atoms with Gasteiger partial charge < -0.3 is 20.8 Å². The molecule has 1 aromatic heterocycles. The van der Waals surface area contributed by atoms with Gasteiger partial charge >= 0.3 is 0 Å². The van der Waals surface area contributed by atoms with Gasteiger partial charge in [-0.15, -0.1) is 11.3 Å². The summed E-state index contributed by atoms with van der Waals surface area (Å²) in [6.07, 6.45) is -1.46. The molecule has 0 fully saturated rings. The zero-order valence-corrected chi connectivity index (χ0v) is 20.4. The molecule has 5 N–H and O–H groups in total. The molecule has 31 heavy (non-hydrogen) atoms. The molecule has 0 saturated heterocycles. The van der Waals surface area contributed by atoms with Crippen LogP contribution in [0, 0.1) is 17.8 Å². The van der Waals surface area contributed by atoms with Gasteiger partial charge in [-0.3, -0.25) is 14.3 Å². The predicted octanol–water partition coefficient (Wildman–Crippen LogP) is 0.789. The summed E-state index contributed by atoms with van der Waals surface area (Å²) in [7, 11) is -3.53. The second-order valence-corrected chi connectivity index (χ2v) is 11.1. The molecule has 0 saturated carbocycles. The van der Waals surface area contributed by atoms with E-state index in [1.165, 1.54) is 12.3 Å². The number of hydrogen-bond acceptors (Lipinski definition) is 8. The van der Waals surface area contributed by atoms with Gasteiger partial charge in [-0.25, -0.2) is 13.4 Å². The monoisotopic (exact) mass is 478 g/mol. The van der Waals surface area contributed by atoms with Gasteiger partial charge in [-0.2, -0.15) is 0 Å². The van der Waals surface area contributed by atoms with Crippen LogP contribution in [0.3, 0.4) is 0 Å². The zero-order chi connectivity index (χ0) is 23.9. The van der Waals surface area contributed by atoms with Crippen LogP contribution < -0.4 is 15.4 Å². The van der Waals surface area contributed by atoms with Crippen molar-refractivity contribution >= 4 is 38.3 Å². The summed E-state index contributed by atoms with van der Waals surface area (Å²) in [5.74, 6) is -1.57. The molecule has 0 unspecified atom stereocenters. The van der Waals surface area contributed by atoms with E-state index >= 15 is 0 Å². The van der Waals surface area contributed by atoms with Crippen LogP contribution in [0.15, 0.2) is 5.38 Å². The van der Waals surface area contributed by atoms with E-state index in [1.807, 2.05) is 27.7 Å². The summed E-state index contributed by atoms with van der Waals surface area (Å²) in [6.45, 7) is 9.65. The molecule has 0 aliphatic rings. The molecule has 1 heterocycles. The first-order chi connectivity index (χ1) is 14.2. The van der Waals surface area contributed by atoms with E-state index in [-0.39, 0.29) is 28.6 Å². The summed E-state index contributed by atoms with van der Waals surface area (Å²) in [4.78, 5) is 28.8. The van der Waals surface area contributed by atoms with Crippen LogP contribution in [0.25, 0.3) is 0 Å². The zero-order valence-electron chi connectivity index (χ0n) is 18.7. The first-order valence-corrected chi connectivity index (χ1v) is 12.9. The summed E-state index contributed by atoms with van der Waals surface area (Å²) >= 11 is 0.950. The Morgan fingerprint density at radius 3 is 2.23 bits per heavy atom. The van der Waals surface area contributed by atoms with Crippen molar-refractivity contribution in [1.82, 2.24) is 15.6 Å². The Morgan fingerprint density at radius 2 is 1.71 bits per heavy atom. The highest BCUT2D eigenvalue weighted by molar-refractivity contribution is 7.92. The van der Waals surface area contributed by atoms with Crippen molar-refractivity contribution in [3.63, 3.8) is 0 Å². The molecule has 0 aliphatic carbocycles. The lowest BCUT2D eigenvalue weighted by Gasteiger charge is -2.31. The Labute approximate surface area is 187 Å². The normalized spacial score (nSPS) is 15.9. The fraction of sp³-hybridized carbons (Fsp3) is 0.737. The van der Waals surface area contributed by atoms with Gasteiger partial charge in [0.2, 0.25) is 15.9 Å². The Hall–Kier alpha value is -1.76. The number of thiazole rings is 1. The second kappa shape index (κ2) is 11.7. The number of aromatic nitrogens is 1. The van der Waals surface area contributed by atoms with Crippen molar-refractivity contribution in [2.45, 2.75) is 59.3 Å². The molecule has 178 valence electrons. The molecule has 0 radical (unpaired) electrons. The number of rotatable bonds is 12. The maximum Gasteiger partial charge on any atom is 0.271 e. The third-order valence-corrected chi connectivity index (χ3v) is 5.87. The Balaban J connectivity index is 2.89. The quantitative estimate of drug-likeness (QED) is 0.297. The molecule has 0 spiro atoms. The van der Waals surface area contributed by atoms with Gasteiger partial charge in [0, 0.05) is 11.9 Å². The van der Waals surface area contributed by atoms with Crippen molar-refractivity contribution in [2.24, 2.45) is 17.8 Å². The van der Waals surface area contributed by atoms with E-state index in [9.17, 15) is 28.2 Å². The summed E-state index contributed by atoms with van der Waals surface area (Å²) in [5, 5.41) is 28.1. The molecule has 0 bridgehead atoms. The number of carbonyl (C=O) groups is 2. The smallest absolute Gasteiger partial charge is 0.271 e. The predicted molar refractivity (Wildman–Crippen MR) is 120 cm³/mol. The molecule has 1 aromatic rings.